The monoisotopic (exact) mass is 625 g/mol. The first kappa shape index (κ1) is 31.7. The largest absolute Gasteiger partial charge is 0.488 e. The van der Waals surface area contributed by atoms with E-state index < -0.39 is 5.82 Å². The number of benzene rings is 3. The first-order chi connectivity index (χ1) is 20.9. The summed E-state index contributed by atoms with van der Waals surface area (Å²) in [6.07, 6.45) is 0.911. The maximum absolute atomic E-state index is 14.6. The Morgan fingerprint density at radius 2 is 1.59 bits per heavy atom. The van der Waals surface area contributed by atoms with Crippen LogP contribution in [-0.2, 0) is 0 Å². The molecule has 3 aromatic rings. The number of carbonyl (C=O) groups excluding carboxylic acids is 2. The summed E-state index contributed by atoms with van der Waals surface area (Å²) in [5, 5.41) is 6.58. The van der Waals surface area contributed by atoms with E-state index in [-0.39, 0.29) is 42.2 Å². The van der Waals surface area contributed by atoms with Crippen LogP contribution in [0.1, 0.15) is 34.1 Å². The normalized spacial score (nSPS) is 20.3. The SMILES string of the molecule is CC1CN(C(=O)c2cc(F)cc(N3CCNCC3)c2)CCN1C(=O)c1ccc(OC2CCNC2)c(-c2ccc(F)cc2)c1.Cl. The smallest absolute Gasteiger partial charge is 0.254 e. The first-order valence-electron chi connectivity index (χ1n) is 15.0. The molecule has 0 spiro atoms. The van der Waals surface area contributed by atoms with Gasteiger partial charge in [-0.3, -0.25) is 9.59 Å². The van der Waals surface area contributed by atoms with Crippen LogP contribution in [-0.4, -0.2) is 92.7 Å². The number of carbonyl (C=O) groups is 2. The van der Waals surface area contributed by atoms with Crippen molar-refractivity contribution < 1.29 is 23.1 Å². The van der Waals surface area contributed by atoms with Crippen molar-refractivity contribution in [3.05, 3.63) is 83.4 Å². The summed E-state index contributed by atoms with van der Waals surface area (Å²) < 4.78 is 34.5. The van der Waals surface area contributed by atoms with E-state index in [4.69, 9.17) is 4.74 Å². The lowest BCUT2D eigenvalue weighted by Gasteiger charge is -2.40. The molecule has 3 fully saturated rings. The highest BCUT2D eigenvalue weighted by atomic mass is 35.5. The van der Waals surface area contributed by atoms with Gasteiger partial charge in [0, 0.05) is 80.8 Å². The van der Waals surface area contributed by atoms with Crippen molar-refractivity contribution in [2.75, 3.05) is 63.8 Å². The first-order valence-corrected chi connectivity index (χ1v) is 15.0. The van der Waals surface area contributed by atoms with Crippen molar-refractivity contribution in [2.24, 2.45) is 0 Å². The summed E-state index contributed by atoms with van der Waals surface area (Å²) in [7, 11) is 0. The molecule has 0 radical (unpaired) electrons. The molecule has 3 aliphatic rings. The second-order valence-corrected chi connectivity index (χ2v) is 11.5. The average Bonchev–Trinajstić information content (AvgIpc) is 3.54. The summed E-state index contributed by atoms with van der Waals surface area (Å²) in [6, 6.07) is 15.8. The van der Waals surface area contributed by atoms with Crippen LogP contribution in [0, 0.1) is 11.6 Å². The van der Waals surface area contributed by atoms with E-state index in [0.717, 1.165) is 56.8 Å². The molecule has 3 aromatic carbocycles. The summed E-state index contributed by atoms with van der Waals surface area (Å²) in [4.78, 5) is 32.8. The molecular formula is C33H38ClF2N5O3. The van der Waals surface area contributed by atoms with E-state index in [1.165, 1.54) is 24.3 Å². The van der Waals surface area contributed by atoms with Gasteiger partial charge in [0.2, 0.25) is 0 Å². The maximum Gasteiger partial charge on any atom is 0.254 e. The van der Waals surface area contributed by atoms with Crippen LogP contribution in [0.15, 0.2) is 60.7 Å². The molecule has 8 nitrogen and oxygen atoms in total. The van der Waals surface area contributed by atoms with Gasteiger partial charge in [-0.25, -0.2) is 8.78 Å². The van der Waals surface area contributed by atoms with Gasteiger partial charge >= 0.3 is 0 Å². The van der Waals surface area contributed by atoms with Gasteiger partial charge in [0.15, 0.2) is 0 Å². The Balaban J connectivity index is 0.00000384. The fraction of sp³-hybridized carbons (Fsp3) is 0.394. The molecular weight excluding hydrogens is 588 g/mol. The van der Waals surface area contributed by atoms with E-state index in [1.54, 1.807) is 34.1 Å². The van der Waals surface area contributed by atoms with Gasteiger partial charge in [0.1, 0.15) is 23.5 Å². The predicted octanol–water partition coefficient (Wildman–Crippen LogP) is 4.19. The Morgan fingerprint density at radius 1 is 0.818 bits per heavy atom. The predicted molar refractivity (Wildman–Crippen MR) is 169 cm³/mol. The number of hydrogen-bond donors (Lipinski definition) is 2. The molecule has 0 aliphatic carbocycles. The highest BCUT2D eigenvalue weighted by Gasteiger charge is 2.32. The number of amides is 2. The quantitative estimate of drug-likeness (QED) is 0.428. The number of halogens is 3. The maximum atomic E-state index is 14.6. The van der Waals surface area contributed by atoms with Crippen LogP contribution in [0.2, 0.25) is 0 Å². The average molecular weight is 626 g/mol. The van der Waals surface area contributed by atoms with Crippen LogP contribution in [0.4, 0.5) is 14.5 Å². The Morgan fingerprint density at radius 3 is 2.30 bits per heavy atom. The number of anilines is 1. The summed E-state index contributed by atoms with van der Waals surface area (Å²) >= 11 is 0. The number of rotatable bonds is 6. The molecule has 3 aliphatic heterocycles. The lowest BCUT2D eigenvalue weighted by molar-refractivity contribution is 0.0414. The summed E-state index contributed by atoms with van der Waals surface area (Å²) in [5.41, 5.74) is 3.01. The zero-order chi connectivity index (χ0) is 29.9. The van der Waals surface area contributed by atoms with Crippen LogP contribution >= 0.6 is 12.4 Å². The number of hydrogen-bond acceptors (Lipinski definition) is 6. The Hall–Kier alpha value is -3.73. The lowest BCUT2D eigenvalue weighted by atomic mass is 10.00. The standard InChI is InChI=1S/C33H37F2N5O3.ClH/c1-22-21-39(32(41)25-16-27(35)19-28(17-25)38-12-10-36-11-13-38)14-15-40(22)33(42)24-4-7-31(43-29-8-9-37-20-29)30(18-24)23-2-5-26(34)6-3-23;/h2-7,16-19,22,29,36-37H,8-15,20-21H2,1H3;1H. The fourth-order valence-electron chi connectivity index (χ4n) is 6.12. The molecule has 0 bridgehead atoms. The number of nitrogens with one attached hydrogen (secondary N) is 2. The van der Waals surface area contributed by atoms with E-state index in [9.17, 15) is 18.4 Å². The van der Waals surface area contributed by atoms with E-state index in [2.05, 4.69) is 15.5 Å². The van der Waals surface area contributed by atoms with Crippen LogP contribution < -0.4 is 20.3 Å². The highest BCUT2D eigenvalue weighted by molar-refractivity contribution is 5.98. The van der Waals surface area contributed by atoms with Gasteiger partial charge in [0.05, 0.1) is 0 Å². The molecule has 2 atom stereocenters. The van der Waals surface area contributed by atoms with Crippen LogP contribution in [0.3, 0.4) is 0 Å². The molecule has 44 heavy (non-hydrogen) atoms. The second kappa shape index (κ2) is 13.9. The van der Waals surface area contributed by atoms with Crippen molar-refractivity contribution in [3.8, 4) is 16.9 Å². The van der Waals surface area contributed by atoms with Crippen molar-refractivity contribution in [2.45, 2.75) is 25.5 Å². The van der Waals surface area contributed by atoms with Gasteiger partial charge in [0.25, 0.3) is 11.8 Å². The molecule has 2 N–H and O–H groups in total. The minimum atomic E-state index is -0.435. The topological polar surface area (TPSA) is 77.2 Å². The molecule has 3 saturated heterocycles. The number of ether oxygens (including phenoxy) is 1. The van der Waals surface area contributed by atoms with Gasteiger partial charge in [-0.2, -0.15) is 0 Å². The lowest BCUT2D eigenvalue weighted by Crippen LogP contribution is -2.55. The Bertz CT molecular complexity index is 1480. The zero-order valence-electron chi connectivity index (χ0n) is 24.7. The summed E-state index contributed by atoms with van der Waals surface area (Å²) in [5.74, 6) is -0.511. The Labute approximate surface area is 262 Å². The van der Waals surface area contributed by atoms with Crippen LogP contribution in [0.5, 0.6) is 5.75 Å². The molecule has 0 aromatic heterocycles. The second-order valence-electron chi connectivity index (χ2n) is 11.5. The third kappa shape index (κ3) is 6.98. The molecule has 2 amide bonds. The minimum Gasteiger partial charge on any atom is -0.488 e. The third-order valence-corrected chi connectivity index (χ3v) is 8.48. The van der Waals surface area contributed by atoms with Gasteiger partial charge in [-0.1, -0.05) is 12.1 Å². The third-order valence-electron chi connectivity index (χ3n) is 8.48. The van der Waals surface area contributed by atoms with Crippen molar-refractivity contribution in [1.29, 1.82) is 0 Å². The van der Waals surface area contributed by atoms with E-state index >= 15 is 0 Å². The molecule has 11 heteroatoms. The van der Waals surface area contributed by atoms with Crippen molar-refractivity contribution >= 4 is 29.9 Å². The molecule has 0 saturated carbocycles. The zero-order valence-corrected chi connectivity index (χ0v) is 25.5. The molecule has 3 heterocycles. The Kier molecular flexibility index (Phi) is 10.0. The minimum absolute atomic E-state index is 0. The molecule has 2 unspecified atom stereocenters. The van der Waals surface area contributed by atoms with Crippen LogP contribution in [0.25, 0.3) is 11.1 Å². The van der Waals surface area contributed by atoms with Crippen molar-refractivity contribution in [3.63, 3.8) is 0 Å². The molecule has 6 rings (SSSR count). The van der Waals surface area contributed by atoms with Gasteiger partial charge < -0.3 is 30.1 Å². The van der Waals surface area contributed by atoms with Gasteiger partial charge in [-0.05, 0) is 74.0 Å². The number of piperazine rings is 2. The fourth-order valence-corrected chi connectivity index (χ4v) is 6.12. The van der Waals surface area contributed by atoms with Crippen molar-refractivity contribution in [1.82, 2.24) is 20.4 Å². The highest BCUT2D eigenvalue weighted by Crippen LogP contribution is 2.33. The summed E-state index contributed by atoms with van der Waals surface area (Å²) in [6.45, 7) is 7.71. The number of nitrogens with zero attached hydrogens (tertiary/aromatic N) is 3. The van der Waals surface area contributed by atoms with E-state index in [1.807, 2.05) is 19.1 Å². The molecule has 234 valence electrons. The van der Waals surface area contributed by atoms with E-state index in [0.29, 0.717) is 42.2 Å². The van der Waals surface area contributed by atoms with Gasteiger partial charge in [-0.15, -0.1) is 12.4 Å².